The molecule has 46 valence electrons. The quantitative estimate of drug-likeness (QED) is 0.367. The number of halogens is 1. The molecular formula is C5H11BrMgO. The van der Waals surface area contributed by atoms with Crippen molar-refractivity contribution in [3.8, 4) is 0 Å². The van der Waals surface area contributed by atoms with Gasteiger partial charge in [0, 0.05) is 6.61 Å². The van der Waals surface area contributed by atoms with Gasteiger partial charge >= 0.3 is 23.1 Å². The van der Waals surface area contributed by atoms with Gasteiger partial charge in [0.15, 0.2) is 0 Å². The van der Waals surface area contributed by atoms with Crippen molar-refractivity contribution in [3.63, 3.8) is 0 Å². The molecule has 0 rings (SSSR count). The van der Waals surface area contributed by atoms with Crippen LogP contribution in [0.2, 0.25) is 0 Å². The molecule has 0 fully saturated rings. The molecule has 0 saturated heterocycles. The second-order valence-electron chi connectivity index (χ2n) is 1.04. The standard InChI is InChI=1S/C5H9BrO.Mg.2H/c1-3-5(6)7-4-2;;;/h3,5H,1,4H2,2H3;;;. The van der Waals surface area contributed by atoms with Gasteiger partial charge in [-0.2, -0.15) is 0 Å². The first-order valence-electron chi connectivity index (χ1n) is 2.19. The molecule has 1 nitrogen and oxygen atoms in total. The van der Waals surface area contributed by atoms with E-state index in [4.69, 9.17) is 4.74 Å². The minimum absolute atomic E-state index is 0. The molecule has 1 unspecified atom stereocenters. The van der Waals surface area contributed by atoms with Crippen molar-refractivity contribution in [1.29, 1.82) is 0 Å². The molecule has 0 heterocycles. The topological polar surface area (TPSA) is 9.23 Å². The molecular weight excluding hydrogens is 180 g/mol. The van der Waals surface area contributed by atoms with Gasteiger partial charge in [0.25, 0.3) is 0 Å². The van der Waals surface area contributed by atoms with Crippen LogP contribution in [0.25, 0.3) is 0 Å². The zero-order valence-corrected chi connectivity index (χ0v) is 5.94. The van der Waals surface area contributed by atoms with Crippen LogP contribution in [0.15, 0.2) is 12.7 Å². The Hall–Kier alpha value is 0.946. The molecule has 0 spiro atoms. The van der Waals surface area contributed by atoms with Gasteiger partial charge in [-0.05, 0) is 6.92 Å². The van der Waals surface area contributed by atoms with Crippen molar-refractivity contribution in [1.82, 2.24) is 0 Å². The van der Waals surface area contributed by atoms with Crippen molar-refractivity contribution in [2.75, 3.05) is 6.61 Å². The highest BCUT2D eigenvalue weighted by Crippen LogP contribution is 2.00. The summed E-state index contributed by atoms with van der Waals surface area (Å²) in [6, 6.07) is 0. The lowest BCUT2D eigenvalue weighted by atomic mass is 10.7. The zero-order valence-electron chi connectivity index (χ0n) is 4.36. The van der Waals surface area contributed by atoms with Crippen LogP contribution in [0, 0.1) is 0 Å². The number of hydrogen-bond donors (Lipinski definition) is 0. The summed E-state index contributed by atoms with van der Waals surface area (Å²) in [5.41, 5.74) is 0. The maximum absolute atomic E-state index is 4.99. The Morgan fingerprint density at radius 2 is 2.38 bits per heavy atom. The maximum Gasteiger partial charge on any atom is 0.316 e. The molecule has 0 aliphatic carbocycles. The number of alkyl halides is 1. The molecule has 0 saturated carbocycles. The average Bonchev–Trinajstić information content (AvgIpc) is 1.68. The lowest BCUT2D eigenvalue weighted by molar-refractivity contribution is 0.159. The summed E-state index contributed by atoms with van der Waals surface area (Å²) in [5.74, 6) is 0. The van der Waals surface area contributed by atoms with Gasteiger partial charge in [-0.3, -0.25) is 0 Å². The van der Waals surface area contributed by atoms with Crippen molar-refractivity contribution < 1.29 is 4.74 Å². The number of ether oxygens (including phenoxy) is 1. The molecule has 3 heteroatoms. The SMILES string of the molecule is C=CC(Br)OCC.[MgH2]. The Morgan fingerprint density at radius 1 is 1.88 bits per heavy atom. The molecule has 0 aromatic carbocycles. The number of rotatable bonds is 3. The van der Waals surface area contributed by atoms with E-state index in [1.807, 2.05) is 6.92 Å². The molecule has 0 radical (unpaired) electrons. The second-order valence-corrected chi connectivity index (χ2v) is 1.94. The highest BCUT2D eigenvalue weighted by atomic mass is 79.9. The summed E-state index contributed by atoms with van der Waals surface area (Å²) < 4.78 is 4.99. The van der Waals surface area contributed by atoms with E-state index in [1.165, 1.54) is 0 Å². The van der Waals surface area contributed by atoms with E-state index in [2.05, 4.69) is 22.5 Å². The van der Waals surface area contributed by atoms with E-state index >= 15 is 0 Å². The van der Waals surface area contributed by atoms with E-state index in [0.717, 1.165) is 6.61 Å². The van der Waals surface area contributed by atoms with E-state index < -0.39 is 0 Å². The van der Waals surface area contributed by atoms with Gasteiger partial charge in [0.05, 0.1) is 0 Å². The normalized spacial score (nSPS) is 11.8. The van der Waals surface area contributed by atoms with Crippen LogP contribution in [-0.4, -0.2) is 34.7 Å². The second kappa shape index (κ2) is 7.95. The highest BCUT2D eigenvalue weighted by Gasteiger charge is 1.90. The summed E-state index contributed by atoms with van der Waals surface area (Å²) >= 11 is 3.20. The third-order valence-corrected chi connectivity index (χ3v) is 1.15. The van der Waals surface area contributed by atoms with Crippen LogP contribution >= 0.6 is 15.9 Å². The highest BCUT2D eigenvalue weighted by molar-refractivity contribution is 9.09. The Kier molecular flexibility index (Phi) is 11.6. The van der Waals surface area contributed by atoms with Crippen molar-refractivity contribution in [2.45, 2.75) is 11.9 Å². The predicted octanol–water partition coefficient (Wildman–Crippen LogP) is 1.01. The summed E-state index contributed by atoms with van der Waals surface area (Å²) in [7, 11) is 0. The van der Waals surface area contributed by atoms with Gasteiger partial charge < -0.3 is 4.74 Å². The van der Waals surface area contributed by atoms with Crippen LogP contribution in [-0.2, 0) is 4.74 Å². The Morgan fingerprint density at radius 3 is 2.50 bits per heavy atom. The fourth-order valence-electron chi connectivity index (χ4n) is 0.227. The van der Waals surface area contributed by atoms with Crippen LogP contribution in [0.1, 0.15) is 6.92 Å². The molecule has 0 N–H and O–H groups in total. The Labute approximate surface area is 74.8 Å². The molecule has 8 heavy (non-hydrogen) atoms. The van der Waals surface area contributed by atoms with Gasteiger partial charge in [-0.1, -0.05) is 28.6 Å². The first kappa shape index (κ1) is 11.7. The van der Waals surface area contributed by atoms with Crippen LogP contribution in [0.4, 0.5) is 0 Å². The van der Waals surface area contributed by atoms with E-state index in [-0.39, 0.29) is 28.1 Å². The summed E-state index contributed by atoms with van der Waals surface area (Å²) in [6.07, 6.45) is 1.70. The lowest BCUT2D eigenvalue weighted by Gasteiger charge is -2.00. The minimum atomic E-state index is 0. The Bertz CT molecular complexity index is 58.4. The van der Waals surface area contributed by atoms with Gasteiger partial charge in [-0.15, -0.1) is 0 Å². The molecule has 0 aromatic heterocycles. The van der Waals surface area contributed by atoms with E-state index in [1.54, 1.807) is 6.08 Å². The zero-order chi connectivity index (χ0) is 5.70. The van der Waals surface area contributed by atoms with Crippen molar-refractivity contribution >= 4 is 39.0 Å². The average molecular weight is 191 g/mol. The summed E-state index contributed by atoms with van der Waals surface area (Å²) in [5, 5.41) is 0.0255. The monoisotopic (exact) mass is 190 g/mol. The van der Waals surface area contributed by atoms with E-state index in [9.17, 15) is 0 Å². The third kappa shape index (κ3) is 6.95. The summed E-state index contributed by atoms with van der Waals surface area (Å²) in [4.78, 5) is 0. The van der Waals surface area contributed by atoms with Gasteiger partial charge in [-0.25, -0.2) is 0 Å². The summed E-state index contributed by atoms with van der Waals surface area (Å²) in [6.45, 7) is 6.17. The molecule has 0 aromatic rings. The third-order valence-electron chi connectivity index (χ3n) is 0.511. The minimum Gasteiger partial charge on any atom is -0.363 e. The number of hydrogen-bond acceptors (Lipinski definition) is 1. The van der Waals surface area contributed by atoms with Gasteiger partial charge in [0.2, 0.25) is 0 Å². The fourth-order valence-corrected chi connectivity index (χ4v) is 0.492. The van der Waals surface area contributed by atoms with Crippen LogP contribution in [0.5, 0.6) is 0 Å². The predicted molar refractivity (Wildman–Crippen MR) is 43.1 cm³/mol. The van der Waals surface area contributed by atoms with Crippen molar-refractivity contribution in [2.24, 2.45) is 0 Å². The molecule has 0 aliphatic heterocycles. The molecule has 0 bridgehead atoms. The smallest absolute Gasteiger partial charge is 0.316 e. The molecule has 0 amide bonds. The van der Waals surface area contributed by atoms with Crippen molar-refractivity contribution in [3.05, 3.63) is 12.7 Å². The van der Waals surface area contributed by atoms with E-state index in [0.29, 0.717) is 0 Å². The largest absolute Gasteiger partial charge is 0.363 e. The lowest BCUT2D eigenvalue weighted by Crippen LogP contribution is -1.97. The molecule has 0 aliphatic rings. The first-order valence-corrected chi connectivity index (χ1v) is 3.11. The molecule has 1 atom stereocenters. The maximum atomic E-state index is 4.99. The van der Waals surface area contributed by atoms with Crippen LogP contribution in [0.3, 0.4) is 0 Å². The first-order chi connectivity index (χ1) is 3.31. The fraction of sp³-hybridized carbons (Fsp3) is 0.600. The Balaban J connectivity index is 0. The van der Waals surface area contributed by atoms with Gasteiger partial charge in [0.1, 0.15) is 5.01 Å². The van der Waals surface area contributed by atoms with Crippen LogP contribution < -0.4 is 0 Å².